The minimum Gasteiger partial charge on any atom is -0.381 e. The average molecular weight is 349 g/mol. The zero-order valence-electron chi connectivity index (χ0n) is 14.9. The van der Waals surface area contributed by atoms with E-state index < -0.39 is 0 Å². The van der Waals surface area contributed by atoms with Crippen molar-refractivity contribution in [3.8, 4) is 0 Å². The maximum atomic E-state index is 12.1. The predicted octanol–water partition coefficient (Wildman–Crippen LogP) is 3.69. The van der Waals surface area contributed by atoms with E-state index in [1.807, 2.05) is 46.0 Å². The number of benzene rings is 1. The number of aryl methyl sites for hydroxylation is 3. The number of carbonyl (C=O) groups excluding carboxylic acids is 1. The first-order chi connectivity index (χ1) is 11.3. The van der Waals surface area contributed by atoms with Gasteiger partial charge in [0.25, 0.3) is 5.91 Å². The van der Waals surface area contributed by atoms with Gasteiger partial charge in [0.15, 0.2) is 0 Å². The van der Waals surface area contributed by atoms with E-state index in [9.17, 15) is 4.79 Å². The summed E-state index contributed by atoms with van der Waals surface area (Å²) in [5.41, 5.74) is 4.60. The third-order valence-corrected chi connectivity index (χ3v) is 4.32. The van der Waals surface area contributed by atoms with Crippen LogP contribution in [0.3, 0.4) is 0 Å². The second-order valence-electron chi connectivity index (χ2n) is 6.20. The van der Waals surface area contributed by atoms with Crippen LogP contribution in [-0.4, -0.2) is 21.7 Å². The molecular weight excluding hydrogens is 324 g/mol. The Morgan fingerprint density at radius 2 is 2.08 bits per heavy atom. The van der Waals surface area contributed by atoms with Gasteiger partial charge < -0.3 is 10.6 Å². The normalized spacial score (nSPS) is 11.0. The van der Waals surface area contributed by atoms with E-state index in [2.05, 4.69) is 22.7 Å². The molecule has 0 saturated carbocycles. The number of halogens is 1. The highest BCUT2D eigenvalue weighted by Crippen LogP contribution is 2.22. The Balaban J connectivity index is 2.12. The van der Waals surface area contributed by atoms with Crippen LogP contribution in [0.4, 0.5) is 5.69 Å². The Morgan fingerprint density at radius 1 is 1.38 bits per heavy atom. The van der Waals surface area contributed by atoms with Gasteiger partial charge in [-0.3, -0.25) is 9.48 Å². The lowest BCUT2D eigenvalue weighted by atomic mass is 10.1. The molecule has 6 heteroatoms. The second kappa shape index (κ2) is 7.71. The first-order valence-electron chi connectivity index (χ1n) is 8.19. The number of anilines is 1. The molecule has 1 aromatic heterocycles. The minimum atomic E-state index is -0.0439. The van der Waals surface area contributed by atoms with Gasteiger partial charge in [-0.15, -0.1) is 0 Å². The quantitative estimate of drug-likeness (QED) is 0.836. The van der Waals surface area contributed by atoms with Gasteiger partial charge in [-0.05, 0) is 51.0 Å². The fourth-order valence-electron chi connectivity index (χ4n) is 2.62. The smallest absolute Gasteiger partial charge is 0.251 e. The van der Waals surface area contributed by atoms with Crippen LogP contribution in [0, 0.1) is 6.92 Å². The molecule has 0 spiro atoms. The number of nitrogens with zero attached hydrogens (tertiary/aromatic N) is 2. The number of amides is 1. The fourth-order valence-corrected chi connectivity index (χ4v) is 2.83. The number of hydrogen-bond acceptors (Lipinski definition) is 3. The summed E-state index contributed by atoms with van der Waals surface area (Å²) in [5, 5.41) is 11.4. The molecule has 1 amide bonds. The molecule has 2 N–H and O–H groups in total. The van der Waals surface area contributed by atoms with E-state index in [4.69, 9.17) is 11.6 Å². The third kappa shape index (κ3) is 4.09. The number of hydrogen-bond donors (Lipinski definition) is 2. The van der Waals surface area contributed by atoms with Crippen LogP contribution in [-0.2, 0) is 20.0 Å². The van der Waals surface area contributed by atoms with Crippen LogP contribution >= 0.6 is 11.6 Å². The largest absolute Gasteiger partial charge is 0.381 e. The lowest BCUT2D eigenvalue weighted by Gasteiger charge is -2.13. The van der Waals surface area contributed by atoms with Crippen molar-refractivity contribution >= 4 is 23.2 Å². The molecule has 0 radical (unpaired) electrons. The molecule has 5 nitrogen and oxygen atoms in total. The zero-order valence-corrected chi connectivity index (χ0v) is 15.7. The first kappa shape index (κ1) is 18.3. The van der Waals surface area contributed by atoms with E-state index in [0.717, 1.165) is 28.9 Å². The Hall–Kier alpha value is -2.01. The molecule has 0 aliphatic rings. The van der Waals surface area contributed by atoms with Gasteiger partial charge in [-0.2, -0.15) is 5.10 Å². The number of aromatic nitrogens is 2. The molecule has 0 bridgehead atoms. The standard InChI is InChI=1S/C18H25ClN4O/c1-6-16-15(17(19)23(5)22-16)10-20-13-7-8-14(12(4)9-13)18(24)21-11(2)3/h7-9,11,20H,6,10H2,1-5H3,(H,21,24). The van der Waals surface area contributed by atoms with Crippen LogP contribution in [0.25, 0.3) is 0 Å². The van der Waals surface area contributed by atoms with E-state index >= 15 is 0 Å². The Bertz CT molecular complexity index is 737. The summed E-state index contributed by atoms with van der Waals surface area (Å²) < 4.78 is 1.70. The maximum absolute atomic E-state index is 12.1. The monoisotopic (exact) mass is 348 g/mol. The molecule has 0 fully saturated rings. The molecule has 1 aromatic carbocycles. The van der Waals surface area contributed by atoms with E-state index in [1.165, 1.54) is 0 Å². The molecule has 0 atom stereocenters. The molecule has 0 unspecified atom stereocenters. The number of carbonyl (C=O) groups is 1. The Morgan fingerprint density at radius 3 is 2.67 bits per heavy atom. The van der Waals surface area contributed by atoms with Crippen molar-refractivity contribution in [1.82, 2.24) is 15.1 Å². The highest BCUT2D eigenvalue weighted by Gasteiger charge is 2.14. The molecule has 2 aromatic rings. The van der Waals surface area contributed by atoms with Crippen molar-refractivity contribution in [2.45, 2.75) is 46.7 Å². The Labute approximate surface area is 148 Å². The van der Waals surface area contributed by atoms with Gasteiger partial charge in [0, 0.05) is 36.4 Å². The maximum Gasteiger partial charge on any atom is 0.251 e. The van der Waals surface area contributed by atoms with Gasteiger partial charge in [0.2, 0.25) is 0 Å². The number of rotatable bonds is 6. The van der Waals surface area contributed by atoms with Gasteiger partial charge in [0.05, 0.1) is 5.69 Å². The minimum absolute atomic E-state index is 0.0439. The topological polar surface area (TPSA) is 59.0 Å². The average Bonchev–Trinajstić information content (AvgIpc) is 2.79. The van der Waals surface area contributed by atoms with Crippen molar-refractivity contribution in [3.63, 3.8) is 0 Å². The third-order valence-electron chi connectivity index (χ3n) is 3.85. The lowest BCUT2D eigenvalue weighted by molar-refractivity contribution is 0.0942. The van der Waals surface area contributed by atoms with Crippen molar-refractivity contribution in [2.75, 3.05) is 5.32 Å². The van der Waals surface area contributed by atoms with E-state index in [-0.39, 0.29) is 11.9 Å². The highest BCUT2D eigenvalue weighted by atomic mass is 35.5. The summed E-state index contributed by atoms with van der Waals surface area (Å²) in [4.78, 5) is 12.1. The molecule has 24 heavy (non-hydrogen) atoms. The molecule has 1 heterocycles. The summed E-state index contributed by atoms with van der Waals surface area (Å²) in [7, 11) is 1.84. The molecular formula is C18H25ClN4O. The van der Waals surface area contributed by atoms with Crippen molar-refractivity contribution in [2.24, 2.45) is 7.05 Å². The lowest BCUT2D eigenvalue weighted by Crippen LogP contribution is -2.30. The van der Waals surface area contributed by atoms with Gasteiger partial charge >= 0.3 is 0 Å². The van der Waals surface area contributed by atoms with Gasteiger partial charge in [-0.25, -0.2) is 0 Å². The predicted molar refractivity (Wildman–Crippen MR) is 98.7 cm³/mol. The van der Waals surface area contributed by atoms with Crippen molar-refractivity contribution < 1.29 is 4.79 Å². The van der Waals surface area contributed by atoms with Crippen LogP contribution in [0.5, 0.6) is 0 Å². The SMILES string of the molecule is CCc1nn(C)c(Cl)c1CNc1ccc(C(=O)NC(C)C)c(C)c1. The highest BCUT2D eigenvalue weighted by molar-refractivity contribution is 6.30. The molecule has 0 aliphatic heterocycles. The van der Waals surface area contributed by atoms with Crippen LogP contribution in [0.15, 0.2) is 18.2 Å². The van der Waals surface area contributed by atoms with Crippen LogP contribution < -0.4 is 10.6 Å². The Kier molecular flexibility index (Phi) is 5.89. The van der Waals surface area contributed by atoms with Crippen molar-refractivity contribution in [1.29, 1.82) is 0 Å². The van der Waals surface area contributed by atoms with Crippen molar-refractivity contribution in [3.05, 3.63) is 45.7 Å². The summed E-state index contributed by atoms with van der Waals surface area (Å²) in [6, 6.07) is 5.86. The molecule has 130 valence electrons. The van der Waals surface area contributed by atoms with E-state index in [1.54, 1.807) is 4.68 Å². The van der Waals surface area contributed by atoms with Gasteiger partial charge in [-0.1, -0.05) is 18.5 Å². The fraction of sp³-hybridized carbons (Fsp3) is 0.444. The first-order valence-corrected chi connectivity index (χ1v) is 8.56. The van der Waals surface area contributed by atoms with Crippen LogP contribution in [0.1, 0.15) is 48.0 Å². The zero-order chi connectivity index (χ0) is 17.9. The van der Waals surface area contributed by atoms with Gasteiger partial charge in [0.1, 0.15) is 5.15 Å². The van der Waals surface area contributed by atoms with E-state index in [0.29, 0.717) is 17.3 Å². The molecule has 0 aliphatic carbocycles. The molecule has 0 saturated heterocycles. The molecule has 2 rings (SSSR count). The summed E-state index contributed by atoms with van der Waals surface area (Å²) in [5.74, 6) is -0.0439. The number of nitrogens with one attached hydrogen (secondary N) is 2. The second-order valence-corrected chi connectivity index (χ2v) is 6.56. The summed E-state index contributed by atoms with van der Waals surface area (Å²) in [6.45, 7) is 8.51. The van der Waals surface area contributed by atoms with Crippen LogP contribution in [0.2, 0.25) is 5.15 Å². The summed E-state index contributed by atoms with van der Waals surface area (Å²) in [6.07, 6.45) is 0.838. The summed E-state index contributed by atoms with van der Waals surface area (Å²) >= 11 is 6.31.